The van der Waals surface area contributed by atoms with Crippen LogP contribution in [0.2, 0.25) is 0 Å². The zero-order valence-corrected chi connectivity index (χ0v) is 24.9. The third-order valence-corrected chi connectivity index (χ3v) is 8.14. The van der Waals surface area contributed by atoms with E-state index in [4.69, 9.17) is 9.47 Å². The molecule has 0 bridgehead atoms. The number of carbonyl (C=O) groups excluding carboxylic acids is 2. The highest BCUT2D eigenvalue weighted by Crippen LogP contribution is 2.39. The number of fused-ring (bicyclic) bond motifs is 1. The zero-order valence-electron chi connectivity index (χ0n) is 24.9. The van der Waals surface area contributed by atoms with E-state index in [0.717, 1.165) is 54.6 Å². The Morgan fingerprint density at radius 3 is 2.84 bits per heavy atom. The lowest BCUT2D eigenvalue weighted by Crippen LogP contribution is -2.45. The molecule has 0 atom stereocenters. The lowest BCUT2D eigenvalue weighted by Gasteiger charge is -2.34. The van der Waals surface area contributed by atoms with Crippen LogP contribution >= 0.6 is 0 Å². The number of benzene rings is 2. The zero-order chi connectivity index (χ0) is 30.0. The second-order valence-corrected chi connectivity index (χ2v) is 11.2. The number of phenolic OH excluding ortho intramolecular Hbond substituents is 1. The standard InChI is InChI=1S/C31H43N7O5/c1-37-31(34-35-36-37)24-7-5-6-22(20-24)13-18-42-19-14-28(41)38(25-8-3-2-4-9-25)17-16-32-15-12-23-10-11-26(39)29-30(23)43-21-27(40)33-29/h5-7,10-11,20,25,32,35-36,39H,2-4,8-9,12-19,21H2,1H3,(H,33,40). The van der Waals surface area contributed by atoms with Crippen LogP contribution in [0, 0.1) is 0 Å². The number of hydrogen-bond donors (Lipinski definition) is 5. The van der Waals surface area contributed by atoms with Crippen molar-refractivity contribution in [3.63, 3.8) is 0 Å². The van der Waals surface area contributed by atoms with E-state index in [2.05, 4.69) is 43.8 Å². The summed E-state index contributed by atoms with van der Waals surface area (Å²) in [6.45, 7) is 2.91. The molecule has 0 saturated heterocycles. The van der Waals surface area contributed by atoms with Crippen LogP contribution < -0.4 is 26.4 Å². The van der Waals surface area contributed by atoms with Gasteiger partial charge < -0.3 is 30.1 Å². The van der Waals surface area contributed by atoms with E-state index in [1.54, 1.807) is 6.07 Å². The van der Waals surface area contributed by atoms with Crippen LogP contribution in [0.4, 0.5) is 5.69 Å². The van der Waals surface area contributed by atoms with Gasteiger partial charge in [0.25, 0.3) is 5.91 Å². The van der Waals surface area contributed by atoms with Crippen LogP contribution in [0.25, 0.3) is 0 Å². The van der Waals surface area contributed by atoms with Gasteiger partial charge in [0.1, 0.15) is 11.4 Å². The van der Waals surface area contributed by atoms with E-state index in [0.29, 0.717) is 57.1 Å². The van der Waals surface area contributed by atoms with Gasteiger partial charge in [0.05, 0.1) is 19.6 Å². The van der Waals surface area contributed by atoms with Gasteiger partial charge in [0, 0.05) is 31.7 Å². The number of anilines is 1. The Labute approximate surface area is 252 Å². The lowest BCUT2D eigenvalue weighted by molar-refractivity contribution is -0.135. The summed E-state index contributed by atoms with van der Waals surface area (Å²) in [7, 11) is 1.90. The molecule has 5 rings (SSSR count). The summed E-state index contributed by atoms with van der Waals surface area (Å²) >= 11 is 0. The molecule has 232 valence electrons. The number of amidine groups is 1. The minimum atomic E-state index is -0.278. The van der Waals surface area contributed by atoms with Gasteiger partial charge in [-0.15, -0.1) is 10.6 Å². The highest BCUT2D eigenvalue weighted by molar-refractivity contribution is 5.99. The van der Waals surface area contributed by atoms with Gasteiger partial charge in [0.2, 0.25) is 5.91 Å². The lowest BCUT2D eigenvalue weighted by atomic mass is 9.94. The molecule has 1 saturated carbocycles. The molecule has 0 aromatic heterocycles. The molecule has 2 aromatic carbocycles. The summed E-state index contributed by atoms with van der Waals surface area (Å²) in [5, 5.41) is 22.3. The highest BCUT2D eigenvalue weighted by Gasteiger charge is 2.25. The van der Waals surface area contributed by atoms with Gasteiger partial charge in [-0.05, 0) is 55.5 Å². The molecule has 2 amide bonds. The Hall–Kier alpha value is -3.87. The number of phenols is 1. The van der Waals surface area contributed by atoms with Gasteiger partial charge in [0.15, 0.2) is 18.2 Å². The number of nitrogens with one attached hydrogen (secondary N) is 4. The molecule has 1 aliphatic carbocycles. The van der Waals surface area contributed by atoms with Gasteiger partial charge >= 0.3 is 0 Å². The van der Waals surface area contributed by atoms with Crippen molar-refractivity contribution in [1.29, 1.82) is 0 Å². The fraction of sp³-hybridized carbons (Fsp3) is 0.516. The van der Waals surface area contributed by atoms with Crippen molar-refractivity contribution in [2.24, 2.45) is 5.10 Å². The first-order valence-corrected chi connectivity index (χ1v) is 15.3. The van der Waals surface area contributed by atoms with Gasteiger partial charge in [-0.25, -0.2) is 5.53 Å². The van der Waals surface area contributed by atoms with Gasteiger partial charge in [-0.3, -0.25) is 14.6 Å². The Morgan fingerprint density at radius 1 is 1.16 bits per heavy atom. The number of ether oxygens (including phenoxy) is 2. The maximum atomic E-state index is 13.3. The number of hydrogen-bond acceptors (Lipinski definition) is 10. The second kappa shape index (κ2) is 15.0. The largest absolute Gasteiger partial charge is 0.506 e. The number of carbonyl (C=O) groups is 2. The third-order valence-electron chi connectivity index (χ3n) is 8.14. The molecule has 43 heavy (non-hydrogen) atoms. The van der Waals surface area contributed by atoms with Gasteiger partial charge in [-0.1, -0.05) is 43.5 Å². The van der Waals surface area contributed by atoms with Crippen molar-refractivity contribution >= 4 is 23.3 Å². The number of hydrazine groups is 2. The molecule has 2 aromatic rings. The molecular weight excluding hydrogens is 550 g/mol. The normalized spacial score (nSPS) is 16.6. The molecule has 3 aliphatic rings. The predicted octanol–water partition coefficient (Wildman–Crippen LogP) is 2.28. The topological polar surface area (TPSA) is 140 Å². The Bertz CT molecular complexity index is 1300. The molecule has 12 nitrogen and oxygen atoms in total. The monoisotopic (exact) mass is 593 g/mol. The SMILES string of the molecule is CN1NNN=C1c1cccc(CCOCCC(=O)N(CCNCCc2ccc(O)c3c2OCC(=O)N3)C2CCCCC2)c1. The Balaban J connectivity index is 1.05. The van der Waals surface area contributed by atoms with E-state index >= 15 is 0 Å². The van der Waals surface area contributed by atoms with Crippen molar-refractivity contribution < 1.29 is 24.2 Å². The third kappa shape index (κ3) is 8.15. The number of rotatable bonds is 14. The fourth-order valence-electron chi connectivity index (χ4n) is 5.86. The van der Waals surface area contributed by atoms with E-state index in [9.17, 15) is 14.7 Å². The highest BCUT2D eigenvalue weighted by atomic mass is 16.5. The maximum absolute atomic E-state index is 13.3. The van der Waals surface area contributed by atoms with Crippen LogP contribution in [0.1, 0.15) is 55.2 Å². The minimum Gasteiger partial charge on any atom is -0.506 e. The van der Waals surface area contributed by atoms with Crippen molar-refractivity contribution in [3.8, 4) is 11.5 Å². The molecule has 2 aliphatic heterocycles. The van der Waals surface area contributed by atoms with E-state index < -0.39 is 0 Å². The average Bonchev–Trinajstić information content (AvgIpc) is 3.46. The molecule has 0 spiro atoms. The summed E-state index contributed by atoms with van der Waals surface area (Å²) in [4.78, 5) is 27.0. The Kier molecular flexibility index (Phi) is 10.7. The van der Waals surface area contributed by atoms with E-state index in [1.165, 1.54) is 6.42 Å². The maximum Gasteiger partial charge on any atom is 0.262 e. The first-order valence-electron chi connectivity index (χ1n) is 15.3. The summed E-state index contributed by atoms with van der Waals surface area (Å²) in [5.41, 5.74) is 9.11. The molecular formula is C31H43N7O5. The summed E-state index contributed by atoms with van der Waals surface area (Å²) in [6.07, 6.45) is 7.47. The summed E-state index contributed by atoms with van der Waals surface area (Å²) in [6, 6.07) is 11.9. The van der Waals surface area contributed by atoms with Crippen LogP contribution in [-0.2, 0) is 27.2 Å². The summed E-state index contributed by atoms with van der Waals surface area (Å²) in [5.74, 6) is 1.22. The number of hydrazone groups is 1. The van der Waals surface area contributed by atoms with Crippen molar-refractivity contribution in [3.05, 3.63) is 53.1 Å². The smallest absolute Gasteiger partial charge is 0.262 e. The van der Waals surface area contributed by atoms with Crippen LogP contribution in [0.15, 0.2) is 41.5 Å². The van der Waals surface area contributed by atoms with Gasteiger partial charge in [-0.2, -0.15) is 0 Å². The molecule has 1 fully saturated rings. The van der Waals surface area contributed by atoms with E-state index in [1.807, 2.05) is 30.3 Å². The fourth-order valence-corrected chi connectivity index (χ4v) is 5.86. The number of amides is 2. The van der Waals surface area contributed by atoms with Crippen LogP contribution in [0.3, 0.4) is 0 Å². The van der Waals surface area contributed by atoms with Crippen molar-refractivity contribution in [1.82, 2.24) is 26.3 Å². The molecule has 2 heterocycles. The molecule has 0 radical (unpaired) electrons. The molecule has 5 N–H and O–H groups in total. The van der Waals surface area contributed by atoms with E-state index in [-0.39, 0.29) is 30.2 Å². The number of aromatic hydroxyl groups is 1. The first kappa shape index (κ1) is 30.6. The Morgan fingerprint density at radius 2 is 2.02 bits per heavy atom. The predicted molar refractivity (Wildman–Crippen MR) is 164 cm³/mol. The quantitative estimate of drug-likeness (QED) is 0.165. The minimum absolute atomic E-state index is 0.00195. The molecule has 12 heteroatoms. The van der Waals surface area contributed by atoms with Crippen LogP contribution in [-0.4, -0.2) is 85.2 Å². The second-order valence-electron chi connectivity index (χ2n) is 11.2. The first-order chi connectivity index (χ1) is 21.0. The van der Waals surface area contributed by atoms with Crippen molar-refractivity contribution in [2.45, 2.75) is 57.4 Å². The summed E-state index contributed by atoms with van der Waals surface area (Å²) < 4.78 is 11.5. The van der Waals surface area contributed by atoms with Crippen LogP contribution in [0.5, 0.6) is 11.5 Å². The molecule has 0 unspecified atom stereocenters. The van der Waals surface area contributed by atoms with Crippen molar-refractivity contribution in [2.75, 3.05) is 51.8 Å². The number of nitrogens with zero attached hydrogens (tertiary/aromatic N) is 3. The average molecular weight is 594 g/mol.